The Morgan fingerprint density at radius 3 is 2.34 bits per heavy atom. The number of nitrogens with one attached hydrogen (secondary N) is 2. The number of aryl methyl sites for hydroxylation is 1. The monoisotopic (exact) mass is 1100 g/mol. The maximum absolute atomic E-state index is 13.9. The Bertz CT molecular complexity index is 3200. The first-order valence-electron chi connectivity index (χ1n) is 26.4. The minimum Gasteiger partial charge on any atom is -0.496 e. The number of carbonyl (C=O) groups is 2. The number of nitrogens with zero attached hydrogens (tertiary/aromatic N) is 6. The summed E-state index contributed by atoms with van der Waals surface area (Å²) in [5, 5.41) is 7.57. The highest BCUT2D eigenvalue weighted by Gasteiger charge is 2.35. The van der Waals surface area contributed by atoms with E-state index in [2.05, 4.69) is 64.5 Å². The van der Waals surface area contributed by atoms with Crippen LogP contribution in [0.15, 0.2) is 81.8 Å². The molecule has 5 heterocycles. The number of likely N-dealkylation sites (tertiary alicyclic amines) is 2. The highest BCUT2D eigenvalue weighted by atomic mass is 35.5. The third-order valence-electron chi connectivity index (χ3n) is 15.3. The summed E-state index contributed by atoms with van der Waals surface area (Å²) in [4.78, 5) is 70.3. The zero-order valence-corrected chi connectivity index (χ0v) is 45.7. The number of piperidine rings is 2. The minimum atomic E-state index is -5.05. The summed E-state index contributed by atoms with van der Waals surface area (Å²) >= 11 is 8.48. The van der Waals surface area contributed by atoms with Crippen molar-refractivity contribution in [3.63, 3.8) is 0 Å². The topological polar surface area (TPSA) is 164 Å². The number of carbonyl (C=O) groups excluding carboxylic acids is 2. The molecule has 410 valence electrons. The third kappa shape index (κ3) is 13.4. The van der Waals surface area contributed by atoms with Crippen LogP contribution in [-0.2, 0) is 16.1 Å². The SMILES string of the molecule is COc1cc2nc(C)nc(N[C@H](C)c3cc(-c4c(Cl)cccc4CN(C)C)cs3)c2cc1C1CCC(C(=O)N2CCC(CCOCC3CCN(C(=O)c4ccc(OC(F)(F)F)c(-n5ccc(=O)[nH]c5=O)c4)CC3)CC2)CC1. The number of H-pyrrole nitrogens is 1. The van der Waals surface area contributed by atoms with Crippen LogP contribution in [-0.4, -0.2) is 113 Å². The van der Waals surface area contributed by atoms with E-state index in [1.165, 1.54) is 16.5 Å². The molecule has 2 amide bonds. The molecule has 3 aliphatic rings. The molecule has 77 heavy (non-hydrogen) atoms. The number of alkyl halides is 3. The van der Waals surface area contributed by atoms with Gasteiger partial charge in [0.15, 0.2) is 5.75 Å². The lowest BCUT2D eigenvalue weighted by atomic mass is 9.77. The number of ether oxygens (including phenoxy) is 3. The summed E-state index contributed by atoms with van der Waals surface area (Å²) in [6.45, 7) is 8.37. The number of fused-ring (bicyclic) bond motifs is 1. The second-order valence-corrected chi connectivity index (χ2v) is 22.3. The van der Waals surface area contributed by atoms with Gasteiger partial charge in [-0.05, 0) is 162 Å². The molecule has 9 rings (SSSR count). The van der Waals surface area contributed by atoms with E-state index in [9.17, 15) is 32.3 Å². The first-order chi connectivity index (χ1) is 36.9. The number of benzene rings is 3. The van der Waals surface area contributed by atoms with Gasteiger partial charge in [0.2, 0.25) is 5.91 Å². The zero-order chi connectivity index (χ0) is 54.5. The number of hydrogen-bond acceptors (Lipinski definition) is 12. The molecule has 2 aliphatic heterocycles. The van der Waals surface area contributed by atoms with Gasteiger partial charge in [-0.15, -0.1) is 24.5 Å². The normalized spacial score (nSPS) is 18.2. The van der Waals surface area contributed by atoms with E-state index in [0.717, 1.165) is 138 Å². The molecule has 3 aromatic carbocycles. The van der Waals surface area contributed by atoms with Gasteiger partial charge >= 0.3 is 12.1 Å². The minimum absolute atomic E-state index is 0.00655. The van der Waals surface area contributed by atoms with Gasteiger partial charge in [0.05, 0.1) is 24.4 Å². The standard InChI is InChI=1S/C57H66ClF3N8O7S/c1-34(50-28-42(33-77-50)52-41(31-66(3)4)7-6-8-45(52)58)62-53-44-29-43(49(74-5)30-46(44)63-35(2)64-53)38-9-11-39(12-10-38)54(71)67-21-15-36(16-22-67)20-26-75-32-37-17-23-68(24-18-37)55(72)40-13-14-48(76-57(59,60)61)47(27-40)69-25-19-51(70)65-56(69)73/h6-8,13-14,19,25,27-30,33-34,36-39H,9-12,15-18,20-24,26,31-32H2,1-5H3,(H,62,63,64)(H,65,70,73)/t34-,38?,39?/m1/s1. The molecule has 1 aliphatic carbocycles. The van der Waals surface area contributed by atoms with Crippen molar-refractivity contribution in [2.75, 3.05) is 65.9 Å². The van der Waals surface area contributed by atoms with Gasteiger partial charge in [-0.2, -0.15) is 0 Å². The predicted molar refractivity (Wildman–Crippen MR) is 292 cm³/mol. The quantitative estimate of drug-likeness (QED) is 0.0836. The maximum atomic E-state index is 13.9. The molecule has 1 atom stereocenters. The Hall–Kier alpha value is -6.28. The molecule has 20 heteroatoms. The second kappa shape index (κ2) is 24.2. The van der Waals surface area contributed by atoms with Crippen molar-refractivity contribution in [1.82, 2.24) is 34.2 Å². The predicted octanol–water partition coefficient (Wildman–Crippen LogP) is 10.8. The molecule has 3 aromatic heterocycles. The molecule has 0 spiro atoms. The summed E-state index contributed by atoms with van der Waals surface area (Å²) in [5.74, 6) is 2.35. The van der Waals surface area contributed by atoms with Crippen molar-refractivity contribution in [3.05, 3.63) is 125 Å². The van der Waals surface area contributed by atoms with Crippen LogP contribution in [0.25, 0.3) is 27.7 Å². The van der Waals surface area contributed by atoms with Crippen LogP contribution >= 0.6 is 22.9 Å². The Morgan fingerprint density at radius 1 is 0.909 bits per heavy atom. The molecule has 3 fully saturated rings. The van der Waals surface area contributed by atoms with Gasteiger partial charge in [-0.25, -0.2) is 14.8 Å². The summed E-state index contributed by atoms with van der Waals surface area (Å²) in [5.41, 5.74) is 3.33. The average molecular weight is 1100 g/mol. The van der Waals surface area contributed by atoms with E-state index in [1.807, 2.05) is 30.1 Å². The second-order valence-electron chi connectivity index (χ2n) is 21.0. The van der Waals surface area contributed by atoms with Crippen molar-refractivity contribution in [1.29, 1.82) is 0 Å². The third-order valence-corrected chi connectivity index (χ3v) is 16.7. The molecule has 1 saturated carbocycles. The summed E-state index contributed by atoms with van der Waals surface area (Å²) in [6, 6.07) is 16.9. The number of hydrogen-bond donors (Lipinski definition) is 2. The van der Waals surface area contributed by atoms with Gasteiger partial charge in [-0.1, -0.05) is 23.7 Å². The lowest BCUT2D eigenvalue weighted by Gasteiger charge is -2.36. The van der Waals surface area contributed by atoms with Crippen LogP contribution in [0.1, 0.15) is 109 Å². The van der Waals surface area contributed by atoms with Crippen LogP contribution in [0.4, 0.5) is 19.0 Å². The maximum Gasteiger partial charge on any atom is 0.573 e. The van der Waals surface area contributed by atoms with Crippen LogP contribution in [0.3, 0.4) is 0 Å². The fraction of sp³-hybridized carbons (Fsp3) is 0.474. The lowest BCUT2D eigenvalue weighted by Crippen LogP contribution is -2.42. The average Bonchev–Trinajstić information content (AvgIpc) is 3.89. The molecular weight excluding hydrogens is 1030 g/mol. The Morgan fingerprint density at radius 2 is 1.64 bits per heavy atom. The molecule has 0 unspecified atom stereocenters. The summed E-state index contributed by atoms with van der Waals surface area (Å²) < 4.78 is 56.7. The van der Waals surface area contributed by atoms with Gasteiger partial charge in [-0.3, -0.25) is 23.9 Å². The van der Waals surface area contributed by atoms with Crippen molar-refractivity contribution in [3.8, 4) is 28.3 Å². The molecule has 0 bridgehead atoms. The van der Waals surface area contributed by atoms with Crippen LogP contribution in [0, 0.1) is 24.7 Å². The number of aromatic nitrogens is 4. The van der Waals surface area contributed by atoms with E-state index in [1.54, 1.807) is 23.3 Å². The van der Waals surface area contributed by atoms with E-state index in [4.69, 9.17) is 31.0 Å². The Balaban J connectivity index is 0.724. The number of rotatable bonds is 17. The van der Waals surface area contributed by atoms with Crippen LogP contribution in [0.2, 0.25) is 5.02 Å². The van der Waals surface area contributed by atoms with Crippen molar-refractivity contribution >= 4 is 51.5 Å². The van der Waals surface area contributed by atoms with Gasteiger partial charge in [0.25, 0.3) is 11.5 Å². The first-order valence-corrected chi connectivity index (χ1v) is 27.7. The van der Waals surface area contributed by atoms with Crippen LogP contribution in [0.5, 0.6) is 11.5 Å². The molecule has 15 nitrogen and oxygen atoms in total. The summed E-state index contributed by atoms with van der Waals surface area (Å²) in [6.07, 6.45) is 3.53. The number of thiophene rings is 1. The number of aromatic amines is 1. The largest absolute Gasteiger partial charge is 0.573 e. The molecule has 2 saturated heterocycles. The smallest absolute Gasteiger partial charge is 0.496 e. The highest BCUT2D eigenvalue weighted by molar-refractivity contribution is 7.10. The zero-order valence-electron chi connectivity index (χ0n) is 44.1. The molecule has 0 radical (unpaired) electrons. The lowest BCUT2D eigenvalue weighted by molar-refractivity contribution is -0.274. The summed E-state index contributed by atoms with van der Waals surface area (Å²) in [7, 11) is 5.82. The fourth-order valence-electron chi connectivity index (χ4n) is 11.2. The van der Waals surface area contributed by atoms with Gasteiger partial charge in [0.1, 0.15) is 17.4 Å². The van der Waals surface area contributed by atoms with Gasteiger partial charge in [0, 0.05) is 96.6 Å². The number of amides is 2. The molecule has 6 aromatic rings. The Kier molecular flexibility index (Phi) is 17.4. The van der Waals surface area contributed by atoms with Crippen LogP contribution < -0.4 is 26.0 Å². The van der Waals surface area contributed by atoms with Crippen molar-refractivity contribution in [2.45, 2.75) is 96.5 Å². The van der Waals surface area contributed by atoms with E-state index < -0.39 is 29.3 Å². The Labute approximate surface area is 454 Å². The van der Waals surface area contributed by atoms with E-state index >= 15 is 0 Å². The number of methoxy groups -OCH3 is 1. The molecular formula is C57H66ClF3N8O7S. The first kappa shape index (κ1) is 55.5. The highest BCUT2D eigenvalue weighted by Crippen LogP contribution is 2.44. The fourth-order valence-corrected chi connectivity index (χ4v) is 12.5. The number of anilines is 1. The van der Waals surface area contributed by atoms with E-state index in [-0.39, 0.29) is 41.0 Å². The molecule has 2 N–H and O–H groups in total. The van der Waals surface area contributed by atoms with E-state index in [0.29, 0.717) is 50.9 Å². The van der Waals surface area contributed by atoms with Crippen molar-refractivity contribution < 1.29 is 37.0 Å². The number of halogens is 4. The van der Waals surface area contributed by atoms with Gasteiger partial charge < -0.3 is 34.2 Å². The van der Waals surface area contributed by atoms with Crippen molar-refractivity contribution in [2.24, 2.45) is 17.8 Å².